The molecule has 0 aliphatic heterocycles. The van der Waals surface area contributed by atoms with Crippen LogP contribution in [0, 0.1) is 0 Å². The second kappa shape index (κ2) is 7.40. The van der Waals surface area contributed by atoms with Gasteiger partial charge in [0.1, 0.15) is 0 Å². The maximum atomic E-state index is 12.4. The van der Waals surface area contributed by atoms with E-state index < -0.39 is 18.4 Å². The number of hydrogen-bond donors (Lipinski definition) is 1. The largest absolute Gasteiger partial charge is 0.522 e. The number of carbonyl (C=O) groups is 1. The predicted molar refractivity (Wildman–Crippen MR) is 84.9 cm³/mol. The Hall–Kier alpha value is -2.49. The molecule has 1 N–H and O–H groups in total. The topological polar surface area (TPSA) is 81.9 Å². The Morgan fingerprint density at radius 3 is 2.65 bits per heavy atom. The van der Waals surface area contributed by atoms with E-state index in [4.69, 9.17) is 0 Å². The number of aromatic nitrogens is 4. The van der Waals surface area contributed by atoms with Crippen LogP contribution in [0.25, 0.3) is 11.4 Å². The lowest BCUT2D eigenvalue weighted by atomic mass is 9.93. The molecule has 10 heteroatoms. The Balaban J connectivity index is 1.59. The lowest BCUT2D eigenvalue weighted by molar-refractivity contribution is -0.345. The van der Waals surface area contributed by atoms with E-state index in [-0.39, 0.29) is 24.7 Å². The number of halogens is 3. The van der Waals surface area contributed by atoms with Gasteiger partial charge in [0.05, 0.1) is 30.0 Å². The summed E-state index contributed by atoms with van der Waals surface area (Å²) in [7, 11) is 1.81. The highest BCUT2D eigenvalue weighted by molar-refractivity contribution is 5.91. The second-order valence-electron chi connectivity index (χ2n) is 6.17. The third-order valence-electron chi connectivity index (χ3n) is 4.25. The Labute approximate surface area is 147 Å². The van der Waals surface area contributed by atoms with Crippen LogP contribution in [0.4, 0.5) is 13.2 Å². The van der Waals surface area contributed by atoms with Crippen molar-refractivity contribution in [3.8, 4) is 11.4 Å². The molecule has 1 fully saturated rings. The highest BCUT2D eigenvalue weighted by atomic mass is 19.4. The summed E-state index contributed by atoms with van der Waals surface area (Å²) in [5, 5.41) is 2.78. The maximum absolute atomic E-state index is 12.4. The Morgan fingerprint density at radius 1 is 1.31 bits per heavy atom. The molecular weight excluding hydrogens is 351 g/mol. The molecule has 0 spiro atoms. The molecule has 2 heterocycles. The second-order valence-corrected chi connectivity index (χ2v) is 6.17. The molecular formula is C16H18F3N5O2. The third kappa shape index (κ3) is 4.57. The molecule has 2 aromatic heterocycles. The molecule has 0 saturated heterocycles. The molecule has 26 heavy (non-hydrogen) atoms. The molecule has 0 bridgehead atoms. The van der Waals surface area contributed by atoms with Crippen LogP contribution in [0.1, 0.15) is 36.3 Å². The number of nitrogens with zero attached hydrogens (tertiary/aromatic N) is 4. The number of nitrogens with one attached hydrogen (secondary N) is 1. The van der Waals surface area contributed by atoms with Crippen LogP contribution >= 0.6 is 0 Å². The minimum atomic E-state index is -4.62. The van der Waals surface area contributed by atoms with Crippen molar-refractivity contribution < 1.29 is 22.7 Å². The van der Waals surface area contributed by atoms with Crippen molar-refractivity contribution in [2.24, 2.45) is 7.05 Å². The van der Waals surface area contributed by atoms with Gasteiger partial charge in [-0.2, -0.15) is 0 Å². The van der Waals surface area contributed by atoms with E-state index in [0.29, 0.717) is 18.5 Å². The minimum Gasteiger partial charge on any atom is -0.347 e. The zero-order valence-corrected chi connectivity index (χ0v) is 14.0. The molecule has 1 aliphatic rings. The van der Waals surface area contributed by atoms with E-state index in [9.17, 15) is 18.0 Å². The van der Waals surface area contributed by atoms with Gasteiger partial charge in [-0.05, 0) is 31.7 Å². The summed E-state index contributed by atoms with van der Waals surface area (Å²) in [6.45, 7) is 0. The monoisotopic (exact) mass is 369 g/mol. The molecule has 7 nitrogen and oxygen atoms in total. The highest BCUT2D eigenvalue weighted by Crippen LogP contribution is 2.28. The zero-order chi connectivity index (χ0) is 18.7. The molecule has 0 radical (unpaired) electrons. The number of carbonyl (C=O) groups excluding carboxylic acids is 1. The lowest BCUT2D eigenvalue weighted by Gasteiger charge is -2.29. The van der Waals surface area contributed by atoms with Crippen LogP contribution in [0.5, 0.6) is 0 Å². The molecule has 1 amide bonds. The van der Waals surface area contributed by atoms with E-state index in [2.05, 4.69) is 25.0 Å². The molecule has 0 aromatic carbocycles. The molecule has 3 rings (SSSR count). The van der Waals surface area contributed by atoms with Gasteiger partial charge < -0.3 is 9.88 Å². The zero-order valence-electron chi connectivity index (χ0n) is 14.0. The first-order valence-corrected chi connectivity index (χ1v) is 8.17. The number of hydrogen-bond acceptors (Lipinski definition) is 5. The van der Waals surface area contributed by atoms with Crippen molar-refractivity contribution in [1.29, 1.82) is 0 Å². The number of ether oxygens (including phenoxy) is 1. The van der Waals surface area contributed by atoms with Crippen LogP contribution in [-0.4, -0.2) is 43.9 Å². The van der Waals surface area contributed by atoms with Crippen LogP contribution in [0.15, 0.2) is 24.8 Å². The van der Waals surface area contributed by atoms with Gasteiger partial charge in [-0.1, -0.05) is 0 Å². The van der Waals surface area contributed by atoms with Gasteiger partial charge in [0.15, 0.2) is 0 Å². The minimum absolute atomic E-state index is 0.0114. The normalized spacial score (nSPS) is 20.8. The average Bonchev–Trinajstić information content (AvgIpc) is 3.01. The van der Waals surface area contributed by atoms with Gasteiger partial charge >= 0.3 is 6.36 Å². The van der Waals surface area contributed by atoms with Crippen molar-refractivity contribution in [3.05, 3.63) is 30.6 Å². The first kappa shape index (κ1) is 18.3. The summed E-state index contributed by atoms with van der Waals surface area (Å²) < 4.78 is 42.5. The van der Waals surface area contributed by atoms with Gasteiger partial charge in [-0.15, -0.1) is 13.2 Å². The fraction of sp³-hybridized carbons (Fsp3) is 0.500. The summed E-state index contributed by atoms with van der Waals surface area (Å²) in [4.78, 5) is 24.6. The van der Waals surface area contributed by atoms with E-state index in [1.54, 1.807) is 23.2 Å². The van der Waals surface area contributed by atoms with Crippen LogP contribution < -0.4 is 5.32 Å². The van der Waals surface area contributed by atoms with E-state index >= 15 is 0 Å². The SMILES string of the molecule is Cn1cncc1-c1ccnc(C(=O)N[C@H]2CC[C@H](OC(F)(F)F)CC2)n1. The first-order chi connectivity index (χ1) is 12.3. The fourth-order valence-electron chi connectivity index (χ4n) is 2.98. The third-order valence-corrected chi connectivity index (χ3v) is 4.25. The number of amides is 1. The van der Waals surface area contributed by atoms with Crippen LogP contribution in [0.3, 0.4) is 0 Å². The molecule has 0 unspecified atom stereocenters. The fourth-order valence-corrected chi connectivity index (χ4v) is 2.98. The number of rotatable bonds is 4. The summed E-state index contributed by atoms with van der Waals surface area (Å²) in [6.07, 6.45) is 0.555. The lowest BCUT2D eigenvalue weighted by Crippen LogP contribution is -2.40. The van der Waals surface area contributed by atoms with Crippen LogP contribution in [-0.2, 0) is 11.8 Å². The molecule has 0 atom stereocenters. The van der Waals surface area contributed by atoms with Gasteiger partial charge in [0.25, 0.3) is 5.91 Å². The summed E-state index contributed by atoms with van der Waals surface area (Å²) >= 11 is 0. The average molecular weight is 369 g/mol. The smallest absolute Gasteiger partial charge is 0.347 e. The summed E-state index contributed by atoms with van der Waals surface area (Å²) in [5.41, 5.74) is 1.30. The summed E-state index contributed by atoms with van der Waals surface area (Å²) in [6, 6.07) is 1.45. The van der Waals surface area contributed by atoms with Crippen molar-refractivity contribution in [1.82, 2.24) is 24.8 Å². The molecule has 1 saturated carbocycles. The first-order valence-electron chi connectivity index (χ1n) is 8.17. The number of aryl methyl sites for hydroxylation is 1. The van der Waals surface area contributed by atoms with Gasteiger partial charge in [-0.25, -0.2) is 15.0 Å². The Bertz CT molecular complexity index is 769. The van der Waals surface area contributed by atoms with Gasteiger partial charge in [0, 0.05) is 19.3 Å². The predicted octanol–water partition coefficient (Wildman–Crippen LogP) is 2.45. The quantitative estimate of drug-likeness (QED) is 0.895. The van der Waals surface area contributed by atoms with Crippen LogP contribution in [0.2, 0.25) is 0 Å². The van der Waals surface area contributed by atoms with E-state index in [1.807, 2.05) is 7.05 Å². The van der Waals surface area contributed by atoms with Gasteiger partial charge in [-0.3, -0.25) is 9.53 Å². The van der Waals surface area contributed by atoms with Crippen molar-refractivity contribution >= 4 is 5.91 Å². The van der Waals surface area contributed by atoms with Crippen molar-refractivity contribution in [3.63, 3.8) is 0 Å². The summed E-state index contributed by atoms with van der Waals surface area (Å²) in [5.74, 6) is -0.438. The molecule has 1 aliphatic carbocycles. The van der Waals surface area contributed by atoms with Gasteiger partial charge in [0.2, 0.25) is 5.82 Å². The molecule has 140 valence electrons. The highest BCUT2D eigenvalue weighted by Gasteiger charge is 2.35. The standard InChI is InChI=1S/C16H18F3N5O2/c1-24-9-20-8-13(24)12-6-7-21-14(23-12)15(25)22-10-2-4-11(5-3-10)26-16(17,18)19/h6-11H,2-5H2,1H3,(H,22,25)/t10-,11-. The molecule has 2 aromatic rings. The number of imidazole rings is 1. The Morgan fingerprint density at radius 2 is 2.04 bits per heavy atom. The van der Waals surface area contributed by atoms with E-state index in [1.165, 1.54) is 6.20 Å². The maximum Gasteiger partial charge on any atom is 0.522 e. The Kier molecular flexibility index (Phi) is 5.21. The van der Waals surface area contributed by atoms with E-state index in [0.717, 1.165) is 5.69 Å². The number of alkyl halides is 3. The van der Waals surface area contributed by atoms with Crippen molar-refractivity contribution in [2.45, 2.75) is 44.2 Å². The van der Waals surface area contributed by atoms with Crippen molar-refractivity contribution in [2.75, 3.05) is 0 Å².